The highest BCUT2D eigenvalue weighted by atomic mass is 79.9. The predicted molar refractivity (Wildman–Crippen MR) is 63.4 cm³/mol. The number of nitro benzene ring substituents is 1. The van der Waals surface area contributed by atoms with Crippen molar-refractivity contribution in [2.24, 2.45) is 0 Å². The number of nitro groups is 1. The van der Waals surface area contributed by atoms with E-state index >= 15 is 0 Å². The van der Waals surface area contributed by atoms with Gasteiger partial charge in [0.05, 0.1) is 11.0 Å². The lowest BCUT2D eigenvalue weighted by Crippen LogP contribution is -2.22. The van der Waals surface area contributed by atoms with Crippen molar-refractivity contribution in [2.45, 2.75) is 31.3 Å². The van der Waals surface area contributed by atoms with Crippen molar-refractivity contribution in [2.75, 3.05) is 0 Å². The van der Waals surface area contributed by atoms with Crippen molar-refractivity contribution in [3.8, 4) is 0 Å². The van der Waals surface area contributed by atoms with E-state index in [9.17, 15) is 15.2 Å². The molecular formula is C11H12BrNO3. The van der Waals surface area contributed by atoms with E-state index in [1.165, 1.54) is 12.1 Å². The molecule has 86 valence electrons. The summed E-state index contributed by atoms with van der Waals surface area (Å²) >= 11 is 3.34. The van der Waals surface area contributed by atoms with Gasteiger partial charge >= 0.3 is 0 Å². The lowest BCUT2D eigenvalue weighted by atomic mass is 9.91. The Morgan fingerprint density at radius 1 is 1.56 bits per heavy atom. The molecule has 1 fully saturated rings. The summed E-state index contributed by atoms with van der Waals surface area (Å²) in [4.78, 5) is 10.2. The minimum atomic E-state index is -0.426. The summed E-state index contributed by atoms with van der Waals surface area (Å²) in [5.41, 5.74) is 0.832. The summed E-state index contributed by atoms with van der Waals surface area (Å²) < 4.78 is 0.708. The van der Waals surface area contributed by atoms with Gasteiger partial charge in [0.2, 0.25) is 0 Å². The molecule has 0 heterocycles. The zero-order chi connectivity index (χ0) is 11.9. The summed E-state index contributed by atoms with van der Waals surface area (Å²) in [6.45, 7) is 1.76. The third-order valence-corrected chi connectivity index (χ3v) is 3.94. The molecule has 0 radical (unpaired) electrons. The zero-order valence-electron chi connectivity index (χ0n) is 8.81. The number of nitrogens with zero attached hydrogens (tertiary/aromatic N) is 1. The Kier molecular flexibility index (Phi) is 2.75. The molecular weight excluding hydrogens is 274 g/mol. The fourth-order valence-electron chi connectivity index (χ4n) is 2.07. The summed E-state index contributed by atoms with van der Waals surface area (Å²) in [6.07, 6.45) is 1.44. The van der Waals surface area contributed by atoms with E-state index in [1.54, 1.807) is 13.0 Å². The Hall–Kier alpha value is -0.940. The number of hydrogen-bond donors (Lipinski definition) is 1. The van der Waals surface area contributed by atoms with Crippen molar-refractivity contribution in [3.05, 3.63) is 38.3 Å². The Balaban J connectivity index is 2.41. The van der Waals surface area contributed by atoms with Crippen molar-refractivity contribution >= 4 is 21.6 Å². The molecule has 1 aromatic carbocycles. The first-order valence-corrected chi connectivity index (χ1v) is 5.89. The largest absolute Gasteiger partial charge is 0.392 e. The lowest BCUT2D eigenvalue weighted by molar-refractivity contribution is -0.384. The maximum Gasteiger partial charge on any atom is 0.270 e. The fraction of sp³-hybridized carbons (Fsp3) is 0.455. The molecule has 0 amide bonds. The summed E-state index contributed by atoms with van der Waals surface area (Å²) in [7, 11) is 0. The van der Waals surface area contributed by atoms with Gasteiger partial charge in [0, 0.05) is 22.0 Å². The van der Waals surface area contributed by atoms with Crippen LogP contribution in [0.5, 0.6) is 0 Å². The van der Waals surface area contributed by atoms with Crippen LogP contribution in [0.3, 0.4) is 0 Å². The molecule has 2 rings (SSSR count). The predicted octanol–water partition coefficient (Wildman–Crippen LogP) is 2.77. The Morgan fingerprint density at radius 2 is 2.19 bits per heavy atom. The first-order chi connectivity index (χ1) is 7.47. The maximum absolute atomic E-state index is 10.6. The minimum absolute atomic E-state index is 0.0667. The van der Waals surface area contributed by atoms with E-state index < -0.39 is 11.0 Å². The van der Waals surface area contributed by atoms with Gasteiger partial charge in [-0.15, -0.1) is 0 Å². The fourth-order valence-corrected chi connectivity index (χ4v) is 2.83. The minimum Gasteiger partial charge on any atom is -0.392 e. The monoisotopic (exact) mass is 285 g/mol. The molecule has 16 heavy (non-hydrogen) atoms. The zero-order valence-corrected chi connectivity index (χ0v) is 10.4. The van der Waals surface area contributed by atoms with Crippen molar-refractivity contribution in [3.63, 3.8) is 0 Å². The highest BCUT2D eigenvalue weighted by Crippen LogP contribution is 2.53. The van der Waals surface area contributed by atoms with Crippen molar-refractivity contribution in [1.29, 1.82) is 0 Å². The molecule has 1 atom stereocenters. The quantitative estimate of drug-likeness (QED) is 0.686. The van der Waals surface area contributed by atoms with Gasteiger partial charge in [-0.2, -0.15) is 0 Å². The second-order valence-corrected chi connectivity index (χ2v) is 5.11. The maximum atomic E-state index is 10.6. The first kappa shape index (κ1) is 11.5. The van der Waals surface area contributed by atoms with Crippen LogP contribution in [0.1, 0.15) is 25.3 Å². The van der Waals surface area contributed by atoms with Crippen LogP contribution in [0.4, 0.5) is 5.69 Å². The third-order valence-electron chi connectivity index (χ3n) is 3.29. The van der Waals surface area contributed by atoms with Crippen LogP contribution in [-0.2, 0) is 5.41 Å². The van der Waals surface area contributed by atoms with E-state index in [2.05, 4.69) is 15.9 Å². The third kappa shape index (κ3) is 1.74. The molecule has 1 saturated carbocycles. The molecule has 0 aromatic heterocycles. The molecule has 1 aliphatic rings. The number of aliphatic hydroxyl groups is 1. The SMILES string of the molecule is CC(O)C1(c2ccc([N+](=O)[O-])cc2Br)CC1. The molecule has 1 unspecified atom stereocenters. The molecule has 0 saturated heterocycles. The van der Waals surface area contributed by atoms with Crippen LogP contribution in [0.25, 0.3) is 0 Å². The van der Waals surface area contributed by atoms with Gasteiger partial charge in [-0.05, 0) is 25.3 Å². The first-order valence-electron chi connectivity index (χ1n) is 5.10. The average molecular weight is 286 g/mol. The average Bonchev–Trinajstić information content (AvgIpc) is 2.98. The van der Waals surface area contributed by atoms with Crippen molar-refractivity contribution in [1.82, 2.24) is 0 Å². The normalized spacial score (nSPS) is 19.2. The van der Waals surface area contributed by atoms with Gasteiger partial charge in [-0.1, -0.05) is 22.0 Å². The number of halogens is 1. The topological polar surface area (TPSA) is 63.4 Å². The lowest BCUT2D eigenvalue weighted by Gasteiger charge is -2.20. The second kappa shape index (κ2) is 3.82. The molecule has 1 N–H and O–H groups in total. The van der Waals surface area contributed by atoms with Crippen LogP contribution in [0, 0.1) is 10.1 Å². The Bertz CT molecular complexity index is 441. The molecule has 1 aromatic rings. The molecule has 4 nitrogen and oxygen atoms in total. The molecule has 0 spiro atoms. The smallest absolute Gasteiger partial charge is 0.270 e. The van der Waals surface area contributed by atoms with Crippen LogP contribution in [0.2, 0.25) is 0 Å². The van der Waals surface area contributed by atoms with Gasteiger partial charge < -0.3 is 5.11 Å². The highest BCUT2D eigenvalue weighted by Gasteiger charge is 2.49. The molecule has 1 aliphatic carbocycles. The second-order valence-electron chi connectivity index (χ2n) is 4.25. The number of rotatable bonds is 3. The molecule has 0 bridgehead atoms. The van der Waals surface area contributed by atoms with E-state index in [4.69, 9.17) is 0 Å². The van der Waals surface area contributed by atoms with Crippen LogP contribution >= 0.6 is 15.9 Å². The van der Waals surface area contributed by atoms with Crippen molar-refractivity contribution < 1.29 is 10.0 Å². The molecule has 0 aliphatic heterocycles. The number of aliphatic hydroxyl groups excluding tert-OH is 1. The van der Waals surface area contributed by atoms with E-state index in [0.29, 0.717) is 4.47 Å². The van der Waals surface area contributed by atoms with Gasteiger partial charge in [0.25, 0.3) is 5.69 Å². The van der Waals surface area contributed by atoms with Crippen LogP contribution in [0.15, 0.2) is 22.7 Å². The van der Waals surface area contributed by atoms with Gasteiger partial charge in [-0.25, -0.2) is 0 Å². The van der Waals surface area contributed by atoms with Gasteiger partial charge in [0.15, 0.2) is 0 Å². The van der Waals surface area contributed by atoms with E-state index in [0.717, 1.165) is 18.4 Å². The number of benzene rings is 1. The Labute approximate surface area is 102 Å². The standard InChI is InChI=1S/C11H12BrNO3/c1-7(14)11(4-5-11)9-3-2-8(13(15)16)6-10(9)12/h2-3,6-7,14H,4-5H2,1H3. The number of non-ortho nitro benzene ring substituents is 1. The Morgan fingerprint density at radius 3 is 2.56 bits per heavy atom. The van der Waals surface area contributed by atoms with Crippen LogP contribution in [-0.4, -0.2) is 16.1 Å². The van der Waals surface area contributed by atoms with Crippen LogP contribution < -0.4 is 0 Å². The summed E-state index contributed by atoms with van der Waals surface area (Å²) in [5.74, 6) is 0. The number of hydrogen-bond acceptors (Lipinski definition) is 3. The summed E-state index contributed by atoms with van der Waals surface area (Å²) in [5, 5.41) is 20.3. The highest BCUT2D eigenvalue weighted by molar-refractivity contribution is 9.10. The molecule has 5 heteroatoms. The summed E-state index contributed by atoms with van der Waals surface area (Å²) in [6, 6.07) is 4.72. The van der Waals surface area contributed by atoms with E-state index in [1.807, 2.05) is 0 Å². The van der Waals surface area contributed by atoms with E-state index in [-0.39, 0.29) is 11.1 Å². The van der Waals surface area contributed by atoms with Gasteiger partial charge in [0.1, 0.15) is 0 Å². The van der Waals surface area contributed by atoms with Gasteiger partial charge in [-0.3, -0.25) is 10.1 Å².